The first-order valence-electron chi connectivity index (χ1n) is 7.95. The molecule has 2 aromatic carbocycles. The first kappa shape index (κ1) is 19.5. The molecule has 0 unspecified atom stereocenters. The highest BCUT2D eigenvalue weighted by atomic mass is 35.5. The van der Waals surface area contributed by atoms with Gasteiger partial charge in [0.15, 0.2) is 11.5 Å². The van der Waals surface area contributed by atoms with Crippen LogP contribution < -0.4 is 14.9 Å². The molecule has 0 aliphatic rings. The van der Waals surface area contributed by atoms with Gasteiger partial charge in [-0.3, -0.25) is 5.43 Å². The average Bonchev–Trinajstić information content (AvgIpc) is 3.16. The fourth-order valence-electron chi connectivity index (χ4n) is 2.37. The van der Waals surface area contributed by atoms with E-state index in [1.165, 1.54) is 11.3 Å². The molecule has 8 heteroatoms. The molecule has 3 aromatic rings. The van der Waals surface area contributed by atoms with Gasteiger partial charge in [-0.2, -0.15) is 5.10 Å². The number of aromatic nitrogens is 1. The summed E-state index contributed by atoms with van der Waals surface area (Å²) in [7, 11) is 3.21. The average molecular weight is 422 g/mol. The van der Waals surface area contributed by atoms with Gasteiger partial charge >= 0.3 is 0 Å². The van der Waals surface area contributed by atoms with E-state index in [1.54, 1.807) is 26.4 Å². The minimum atomic E-state index is 0.499. The molecule has 0 radical (unpaired) electrons. The topological polar surface area (TPSA) is 55.7 Å². The van der Waals surface area contributed by atoms with E-state index in [0.29, 0.717) is 26.7 Å². The fraction of sp³-hybridized carbons (Fsp3) is 0.158. The summed E-state index contributed by atoms with van der Waals surface area (Å²) in [5, 5.41) is 8.03. The van der Waals surface area contributed by atoms with Crippen LogP contribution in [0.2, 0.25) is 10.0 Å². The van der Waals surface area contributed by atoms with E-state index in [1.807, 2.05) is 36.6 Å². The molecular weight excluding hydrogens is 405 g/mol. The van der Waals surface area contributed by atoms with Gasteiger partial charge in [0.2, 0.25) is 5.13 Å². The molecule has 0 aliphatic carbocycles. The largest absolute Gasteiger partial charge is 0.493 e. The third-order valence-electron chi connectivity index (χ3n) is 3.84. The molecule has 0 saturated heterocycles. The third kappa shape index (κ3) is 4.53. The van der Waals surface area contributed by atoms with Crippen LogP contribution >= 0.6 is 34.5 Å². The SMILES string of the molecule is COc1ccc(/C(C)=N/Nc2nc(-c3ccc(Cl)c(Cl)c3)cs2)cc1OC. The Balaban J connectivity index is 1.76. The quantitative estimate of drug-likeness (QED) is 0.393. The van der Waals surface area contributed by atoms with Crippen molar-refractivity contribution in [2.75, 3.05) is 19.6 Å². The Morgan fingerprint density at radius 3 is 2.52 bits per heavy atom. The van der Waals surface area contributed by atoms with Crippen molar-refractivity contribution in [3.63, 3.8) is 0 Å². The van der Waals surface area contributed by atoms with E-state index in [-0.39, 0.29) is 0 Å². The highest BCUT2D eigenvalue weighted by Crippen LogP contribution is 2.31. The molecule has 0 fully saturated rings. The Bertz CT molecular complexity index is 989. The van der Waals surface area contributed by atoms with E-state index in [0.717, 1.165) is 22.5 Å². The van der Waals surface area contributed by atoms with Gasteiger partial charge in [-0.15, -0.1) is 11.3 Å². The van der Waals surface area contributed by atoms with Crippen LogP contribution in [0.1, 0.15) is 12.5 Å². The van der Waals surface area contributed by atoms with Crippen LogP contribution in [-0.4, -0.2) is 24.9 Å². The highest BCUT2D eigenvalue weighted by molar-refractivity contribution is 7.14. The Morgan fingerprint density at radius 2 is 1.81 bits per heavy atom. The lowest BCUT2D eigenvalue weighted by molar-refractivity contribution is 0.355. The second-order valence-electron chi connectivity index (χ2n) is 5.55. The maximum Gasteiger partial charge on any atom is 0.203 e. The van der Waals surface area contributed by atoms with Crippen LogP contribution in [0.4, 0.5) is 5.13 Å². The molecule has 0 atom stereocenters. The molecule has 1 heterocycles. The molecule has 0 spiro atoms. The summed E-state index contributed by atoms with van der Waals surface area (Å²) in [5.74, 6) is 1.33. The summed E-state index contributed by atoms with van der Waals surface area (Å²) in [5.41, 5.74) is 6.40. The van der Waals surface area contributed by atoms with Crippen molar-refractivity contribution in [1.29, 1.82) is 0 Å². The van der Waals surface area contributed by atoms with Gasteiger partial charge in [0, 0.05) is 16.5 Å². The molecular formula is C19H17Cl2N3O2S. The van der Waals surface area contributed by atoms with Gasteiger partial charge in [-0.05, 0) is 37.3 Å². The van der Waals surface area contributed by atoms with E-state index in [4.69, 9.17) is 32.7 Å². The summed E-state index contributed by atoms with van der Waals surface area (Å²) in [6, 6.07) is 11.1. The number of anilines is 1. The van der Waals surface area contributed by atoms with Crippen molar-refractivity contribution in [1.82, 2.24) is 4.98 Å². The predicted molar refractivity (Wildman–Crippen MR) is 113 cm³/mol. The maximum absolute atomic E-state index is 6.07. The van der Waals surface area contributed by atoms with E-state index in [9.17, 15) is 0 Å². The number of ether oxygens (including phenoxy) is 2. The number of methoxy groups -OCH3 is 2. The third-order valence-corrected chi connectivity index (χ3v) is 5.33. The van der Waals surface area contributed by atoms with E-state index >= 15 is 0 Å². The maximum atomic E-state index is 6.07. The molecule has 1 aromatic heterocycles. The number of halogens is 2. The van der Waals surface area contributed by atoms with Crippen LogP contribution in [0, 0.1) is 0 Å². The van der Waals surface area contributed by atoms with Crippen LogP contribution in [0.3, 0.4) is 0 Å². The minimum Gasteiger partial charge on any atom is -0.493 e. The molecule has 0 aliphatic heterocycles. The molecule has 0 amide bonds. The van der Waals surface area contributed by atoms with Gasteiger partial charge in [-0.25, -0.2) is 4.98 Å². The van der Waals surface area contributed by atoms with Gasteiger partial charge < -0.3 is 9.47 Å². The zero-order valence-electron chi connectivity index (χ0n) is 14.9. The van der Waals surface area contributed by atoms with Gasteiger partial charge in [0.1, 0.15) is 0 Å². The number of hydrogen-bond donors (Lipinski definition) is 1. The van der Waals surface area contributed by atoms with Crippen molar-refractivity contribution in [3.8, 4) is 22.8 Å². The predicted octanol–water partition coefficient (Wildman–Crippen LogP) is 5.97. The molecule has 140 valence electrons. The molecule has 5 nitrogen and oxygen atoms in total. The lowest BCUT2D eigenvalue weighted by Gasteiger charge is -2.09. The summed E-state index contributed by atoms with van der Waals surface area (Å²) in [4.78, 5) is 4.53. The molecule has 0 saturated carbocycles. The lowest BCUT2D eigenvalue weighted by atomic mass is 10.1. The van der Waals surface area contributed by atoms with Crippen molar-refractivity contribution in [3.05, 3.63) is 57.4 Å². The highest BCUT2D eigenvalue weighted by Gasteiger charge is 2.08. The Hall–Kier alpha value is -2.28. The van der Waals surface area contributed by atoms with Gasteiger partial charge in [-0.1, -0.05) is 29.3 Å². The zero-order chi connectivity index (χ0) is 19.4. The van der Waals surface area contributed by atoms with Crippen LogP contribution in [-0.2, 0) is 0 Å². The van der Waals surface area contributed by atoms with Crippen molar-refractivity contribution < 1.29 is 9.47 Å². The van der Waals surface area contributed by atoms with Gasteiger partial charge in [0.05, 0.1) is 35.7 Å². The number of hydrogen-bond acceptors (Lipinski definition) is 6. The second kappa shape index (κ2) is 8.61. The number of thiazole rings is 1. The number of rotatable bonds is 6. The number of nitrogens with one attached hydrogen (secondary N) is 1. The monoisotopic (exact) mass is 421 g/mol. The molecule has 3 rings (SSSR count). The Labute approximate surface area is 171 Å². The van der Waals surface area contributed by atoms with Crippen molar-refractivity contribution >= 4 is 45.4 Å². The first-order chi connectivity index (χ1) is 13.0. The van der Waals surface area contributed by atoms with Crippen LogP contribution in [0.15, 0.2) is 46.9 Å². The van der Waals surface area contributed by atoms with Crippen molar-refractivity contribution in [2.24, 2.45) is 5.10 Å². The second-order valence-corrected chi connectivity index (χ2v) is 7.22. The first-order valence-corrected chi connectivity index (χ1v) is 9.59. The normalized spacial score (nSPS) is 11.4. The lowest BCUT2D eigenvalue weighted by Crippen LogP contribution is -2.01. The Kier molecular flexibility index (Phi) is 6.21. The molecule has 27 heavy (non-hydrogen) atoms. The zero-order valence-corrected chi connectivity index (χ0v) is 17.2. The standard InChI is InChI=1S/C19H17Cl2N3O2S/c1-11(12-5-7-17(25-2)18(9-12)26-3)23-24-19-22-16(10-27-19)13-4-6-14(20)15(21)8-13/h4-10H,1-3H3,(H,22,24)/b23-11+. The Morgan fingerprint density at radius 1 is 1.04 bits per heavy atom. The van der Waals surface area contributed by atoms with Gasteiger partial charge in [0.25, 0.3) is 0 Å². The van der Waals surface area contributed by atoms with E-state index < -0.39 is 0 Å². The summed E-state index contributed by atoms with van der Waals surface area (Å²) < 4.78 is 10.6. The summed E-state index contributed by atoms with van der Waals surface area (Å²) in [6.45, 7) is 1.90. The minimum absolute atomic E-state index is 0.499. The number of benzene rings is 2. The number of hydrazone groups is 1. The molecule has 0 bridgehead atoms. The molecule has 1 N–H and O–H groups in total. The number of nitrogens with zero attached hydrogens (tertiary/aromatic N) is 2. The van der Waals surface area contributed by atoms with Crippen LogP contribution in [0.5, 0.6) is 11.5 Å². The van der Waals surface area contributed by atoms with E-state index in [2.05, 4.69) is 15.5 Å². The summed E-state index contributed by atoms with van der Waals surface area (Å²) >= 11 is 13.5. The fourth-order valence-corrected chi connectivity index (χ4v) is 3.33. The smallest absolute Gasteiger partial charge is 0.203 e. The summed E-state index contributed by atoms with van der Waals surface area (Å²) in [6.07, 6.45) is 0. The van der Waals surface area contributed by atoms with Crippen LogP contribution in [0.25, 0.3) is 11.3 Å². The van der Waals surface area contributed by atoms with Crippen molar-refractivity contribution in [2.45, 2.75) is 6.92 Å².